The standard InChI is InChI=1S/C21H14ClFN2O/c22-18-8-6-16(7-9-18)21(23,17-12-24-14-25-13-17)20-11-10-19(26-20)15-4-2-1-3-5-15/h1-14H. The van der Waals surface area contributed by atoms with Crippen molar-refractivity contribution in [1.29, 1.82) is 0 Å². The minimum absolute atomic E-state index is 0.161. The van der Waals surface area contributed by atoms with Gasteiger partial charge in [-0.1, -0.05) is 54.1 Å². The van der Waals surface area contributed by atoms with E-state index in [1.54, 1.807) is 36.4 Å². The molecule has 4 aromatic rings. The van der Waals surface area contributed by atoms with Crippen molar-refractivity contribution in [2.45, 2.75) is 5.67 Å². The highest BCUT2D eigenvalue weighted by Gasteiger charge is 2.40. The molecule has 4 rings (SSSR count). The van der Waals surface area contributed by atoms with E-state index in [0.29, 0.717) is 16.3 Å². The number of nitrogens with zero attached hydrogens (tertiary/aromatic N) is 2. The van der Waals surface area contributed by atoms with Crippen LogP contribution in [0.25, 0.3) is 11.3 Å². The monoisotopic (exact) mass is 364 g/mol. The molecule has 0 spiro atoms. The van der Waals surface area contributed by atoms with E-state index in [-0.39, 0.29) is 11.3 Å². The van der Waals surface area contributed by atoms with Crippen LogP contribution in [0.4, 0.5) is 4.39 Å². The van der Waals surface area contributed by atoms with Crippen LogP contribution < -0.4 is 0 Å². The Balaban J connectivity index is 1.87. The first-order chi connectivity index (χ1) is 12.7. The van der Waals surface area contributed by atoms with Crippen molar-refractivity contribution in [2.75, 3.05) is 0 Å². The molecule has 0 fully saturated rings. The molecule has 5 heteroatoms. The Morgan fingerprint density at radius 3 is 2.19 bits per heavy atom. The van der Waals surface area contributed by atoms with Crippen LogP contribution in [0.1, 0.15) is 16.9 Å². The summed E-state index contributed by atoms with van der Waals surface area (Å²) in [6, 6.07) is 19.5. The molecule has 1 atom stereocenters. The average Bonchev–Trinajstić information content (AvgIpc) is 3.20. The molecule has 0 aliphatic carbocycles. The smallest absolute Gasteiger partial charge is 0.221 e. The van der Waals surface area contributed by atoms with Gasteiger partial charge in [0.15, 0.2) is 5.76 Å². The predicted molar refractivity (Wildman–Crippen MR) is 98.6 cm³/mol. The molecule has 2 aromatic carbocycles. The number of aromatic nitrogens is 2. The zero-order chi connectivity index (χ0) is 18.0. The van der Waals surface area contributed by atoms with Gasteiger partial charge in [-0.2, -0.15) is 0 Å². The number of hydrogen-bond donors (Lipinski definition) is 0. The number of rotatable bonds is 4. The second kappa shape index (κ2) is 6.73. The first kappa shape index (κ1) is 16.5. The van der Waals surface area contributed by atoms with E-state index < -0.39 is 5.67 Å². The van der Waals surface area contributed by atoms with Crippen LogP contribution in [0.15, 0.2) is 89.9 Å². The van der Waals surface area contributed by atoms with Crippen LogP contribution in [0.3, 0.4) is 0 Å². The Bertz CT molecular complexity index is 1000. The summed E-state index contributed by atoms with van der Waals surface area (Å²) in [5.74, 6) is 0.752. The molecule has 0 saturated heterocycles. The molecule has 128 valence electrons. The lowest BCUT2D eigenvalue weighted by molar-refractivity contribution is 0.232. The van der Waals surface area contributed by atoms with Gasteiger partial charge < -0.3 is 4.42 Å². The third-order valence-corrected chi connectivity index (χ3v) is 4.46. The first-order valence-electron chi connectivity index (χ1n) is 8.04. The molecular weight excluding hydrogens is 351 g/mol. The second-order valence-electron chi connectivity index (χ2n) is 5.82. The third-order valence-electron chi connectivity index (χ3n) is 4.20. The largest absolute Gasteiger partial charge is 0.457 e. The van der Waals surface area contributed by atoms with Crippen molar-refractivity contribution in [3.8, 4) is 11.3 Å². The van der Waals surface area contributed by atoms with Gasteiger partial charge in [0.25, 0.3) is 0 Å². The van der Waals surface area contributed by atoms with Crippen LogP contribution in [-0.4, -0.2) is 9.97 Å². The molecule has 0 saturated carbocycles. The van der Waals surface area contributed by atoms with Gasteiger partial charge in [0.05, 0.1) is 0 Å². The Kier molecular flexibility index (Phi) is 4.27. The fourth-order valence-corrected chi connectivity index (χ4v) is 3.01. The van der Waals surface area contributed by atoms with E-state index in [1.807, 2.05) is 30.3 Å². The van der Waals surface area contributed by atoms with Crippen molar-refractivity contribution in [3.05, 3.63) is 107 Å². The Labute approximate surface area is 155 Å². The van der Waals surface area contributed by atoms with Crippen LogP contribution in [-0.2, 0) is 5.67 Å². The number of halogens is 2. The second-order valence-corrected chi connectivity index (χ2v) is 6.26. The predicted octanol–water partition coefficient (Wildman–Crippen LogP) is 5.65. The molecule has 2 aromatic heterocycles. The van der Waals surface area contributed by atoms with Crippen LogP contribution in [0.2, 0.25) is 5.02 Å². The number of benzene rings is 2. The molecule has 1 unspecified atom stereocenters. The maximum Gasteiger partial charge on any atom is 0.221 e. The number of alkyl halides is 1. The Hall–Kier alpha value is -2.98. The van der Waals surface area contributed by atoms with Gasteiger partial charge in [-0.3, -0.25) is 0 Å². The van der Waals surface area contributed by atoms with Crippen LogP contribution in [0.5, 0.6) is 0 Å². The molecule has 3 nitrogen and oxygen atoms in total. The van der Waals surface area contributed by atoms with E-state index in [0.717, 1.165) is 5.56 Å². The van der Waals surface area contributed by atoms with Gasteiger partial charge in [-0.25, -0.2) is 14.4 Å². The molecule has 0 bridgehead atoms. The van der Waals surface area contributed by atoms with E-state index >= 15 is 4.39 Å². The van der Waals surface area contributed by atoms with Gasteiger partial charge in [0.2, 0.25) is 5.67 Å². The summed E-state index contributed by atoms with van der Waals surface area (Å²) in [4.78, 5) is 7.93. The minimum atomic E-state index is -2.03. The van der Waals surface area contributed by atoms with Gasteiger partial charge in [-0.15, -0.1) is 0 Å². The molecule has 0 N–H and O–H groups in total. The molecule has 0 aliphatic rings. The topological polar surface area (TPSA) is 38.9 Å². The normalized spacial score (nSPS) is 13.3. The van der Waals surface area contributed by atoms with Crippen molar-refractivity contribution in [1.82, 2.24) is 9.97 Å². The number of hydrogen-bond acceptors (Lipinski definition) is 3. The highest BCUT2D eigenvalue weighted by atomic mass is 35.5. The lowest BCUT2D eigenvalue weighted by Gasteiger charge is -2.23. The molecule has 2 heterocycles. The highest BCUT2D eigenvalue weighted by molar-refractivity contribution is 6.30. The van der Waals surface area contributed by atoms with Crippen molar-refractivity contribution in [3.63, 3.8) is 0 Å². The van der Waals surface area contributed by atoms with Gasteiger partial charge >= 0.3 is 0 Å². The summed E-state index contributed by atoms with van der Waals surface area (Å²) in [5, 5.41) is 0.532. The van der Waals surface area contributed by atoms with E-state index in [9.17, 15) is 0 Å². The van der Waals surface area contributed by atoms with E-state index in [1.165, 1.54) is 18.7 Å². The summed E-state index contributed by atoms with van der Waals surface area (Å²) >= 11 is 5.97. The minimum Gasteiger partial charge on any atom is -0.457 e. The average molecular weight is 365 g/mol. The maximum absolute atomic E-state index is 16.4. The van der Waals surface area contributed by atoms with Gasteiger partial charge in [0.1, 0.15) is 12.1 Å². The summed E-state index contributed by atoms with van der Waals surface area (Å²) in [7, 11) is 0. The van der Waals surface area contributed by atoms with Crippen molar-refractivity contribution in [2.24, 2.45) is 0 Å². The van der Waals surface area contributed by atoms with E-state index in [2.05, 4.69) is 9.97 Å². The van der Waals surface area contributed by atoms with Crippen LogP contribution >= 0.6 is 11.6 Å². The Morgan fingerprint density at radius 1 is 0.808 bits per heavy atom. The van der Waals surface area contributed by atoms with Crippen molar-refractivity contribution < 1.29 is 8.81 Å². The molecule has 0 radical (unpaired) electrons. The fraction of sp³-hybridized carbons (Fsp3) is 0.0476. The molecule has 0 amide bonds. The zero-order valence-corrected chi connectivity index (χ0v) is 14.4. The molecule has 0 aliphatic heterocycles. The maximum atomic E-state index is 16.4. The SMILES string of the molecule is FC(c1ccc(Cl)cc1)(c1cncnc1)c1ccc(-c2ccccc2)o1. The summed E-state index contributed by atoms with van der Waals surface area (Å²) in [5.41, 5.74) is -0.470. The molecule has 26 heavy (non-hydrogen) atoms. The van der Waals surface area contributed by atoms with Crippen molar-refractivity contribution >= 4 is 11.6 Å². The number of furan rings is 1. The molecular formula is C21H14ClFN2O. The summed E-state index contributed by atoms with van der Waals surface area (Å²) in [6.07, 6.45) is 4.27. The Morgan fingerprint density at radius 2 is 1.50 bits per heavy atom. The van der Waals surface area contributed by atoms with Crippen LogP contribution in [0, 0.1) is 0 Å². The quantitative estimate of drug-likeness (QED) is 0.469. The summed E-state index contributed by atoms with van der Waals surface area (Å²) < 4.78 is 22.3. The van der Waals surface area contributed by atoms with E-state index in [4.69, 9.17) is 16.0 Å². The lowest BCUT2D eigenvalue weighted by Crippen LogP contribution is -2.23. The third kappa shape index (κ3) is 2.89. The zero-order valence-electron chi connectivity index (χ0n) is 13.6. The van der Waals surface area contributed by atoms with Gasteiger partial charge in [0, 0.05) is 34.1 Å². The highest BCUT2D eigenvalue weighted by Crippen LogP contribution is 2.42. The fourth-order valence-electron chi connectivity index (χ4n) is 2.89. The van der Waals surface area contributed by atoms with Gasteiger partial charge in [-0.05, 0) is 24.3 Å². The first-order valence-corrected chi connectivity index (χ1v) is 8.42. The lowest BCUT2D eigenvalue weighted by atomic mass is 9.87. The summed E-state index contributed by atoms with van der Waals surface area (Å²) in [6.45, 7) is 0.